The number of amidine groups is 1. The second kappa shape index (κ2) is 8.48. The average Bonchev–Trinajstić information content (AvgIpc) is 2.88. The maximum atomic E-state index is 15.0. The Labute approximate surface area is 201 Å². The monoisotopic (exact) mass is 512 g/mol. The summed E-state index contributed by atoms with van der Waals surface area (Å²) in [5.74, 6) is -1.09. The van der Waals surface area contributed by atoms with Gasteiger partial charge in [0.25, 0.3) is 5.91 Å². The van der Waals surface area contributed by atoms with E-state index in [9.17, 15) is 13.4 Å². The van der Waals surface area contributed by atoms with Crippen LogP contribution in [0.3, 0.4) is 0 Å². The number of fused-ring (bicyclic) bond motifs is 1. The molecule has 3 atom stereocenters. The molecule has 4 heterocycles. The van der Waals surface area contributed by atoms with E-state index in [1.165, 1.54) is 18.3 Å². The van der Waals surface area contributed by atoms with Gasteiger partial charge >= 0.3 is 0 Å². The van der Waals surface area contributed by atoms with E-state index < -0.39 is 31.7 Å². The van der Waals surface area contributed by atoms with Gasteiger partial charge in [0.05, 0.1) is 25.5 Å². The van der Waals surface area contributed by atoms with Gasteiger partial charge in [-0.25, -0.2) is 22.9 Å². The molecule has 2 aliphatic heterocycles. The van der Waals surface area contributed by atoms with Crippen LogP contribution in [0, 0.1) is 5.82 Å². The van der Waals surface area contributed by atoms with Crippen molar-refractivity contribution >= 4 is 50.5 Å². The first-order chi connectivity index (χ1) is 15.5. The van der Waals surface area contributed by atoms with Gasteiger partial charge in [0.1, 0.15) is 39.1 Å². The molecule has 0 fully saturated rings. The standard InChI is InChI=1S/C21H23Cl2FN6O2S/c1-20(11-33(32)21(2,19(25)30-20)7-3-4-8-27-33)17-14(24)5-6-15(28-17)29-18(31)16-13(23)9-12(22)10-26-16/h5-6,9-10H,3-4,7-8,11H2,1-2H3,(H2,25,30)(H,28,29,31). The van der Waals surface area contributed by atoms with Gasteiger partial charge in [0.2, 0.25) is 0 Å². The van der Waals surface area contributed by atoms with Crippen LogP contribution < -0.4 is 11.1 Å². The van der Waals surface area contributed by atoms with Crippen LogP contribution in [0.5, 0.6) is 0 Å². The Morgan fingerprint density at radius 2 is 2.03 bits per heavy atom. The maximum Gasteiger partial charge on any atom is 0.276 e. The van der Waals surface area contributed by atoms with Crippen LogP contribution in [0.1, 0.15) is 49.3 Å². The molecule has 4 rings (SSSR count). The van der Waals surface area contributed by atoms with Crippen LogP contribution >= 0.6 is 23.2 Å². The molecule has 0 radical (unpaired) electrons. The van der Waals surface area contributed by atoms with Crippen LogP contribution in [0.15, 0.2) is 33.8 Å². The topological polar surface area (TPSA) is 123 Å². The molecule has 2 aromatic heterocycles. The minimum Gasteiger partial charge on any atom is -0.386 e. The number of aromatic nitrogens is 2. The molecule has 8 nitrogen and oxygen atoms in total. The summed E-state index contributed by atoms with van der Waals surface area (Å²) in [6, 6.07) is 3.86. The van der Waals surface area contributed by atoms with E-state index in [4.69, 9.17) is 28.9 Å². The summed E-state index contributed by atoms with van der Waals surface area (Å²) in [4.78, 5) is 25.4. The van der Waals surface area contributed by atoms with Crippen LogP contribution in [0.4, 0.5) is 10.2 Å². The van der Waals surface area contributed by atoms with Gasteiger partial charge in [-0.2, -0.15) is 0 Å². The molecule has 3 N–H and O–H groups in total. The SMILES string of the molecule is CC1(c2nc(NC(=O)c3ncc(Cl)cc3Cl)ccc2F)CS2(=O)=NCCCCC2(C)C(N)=N1. The molecule has 0 spiro atoms. The molecule has 2 aliphatic rings. The zero-order valence-corrected chi connectivity index (χ0v) is 20.4. The highest BCUT2D eigenvalue weighted by Gasteiger charge is 2.51. The van der Waals surface area contributed by atoms with E-state index in [-0.39, 0.29) is 38.8 Å². The number of rotatable bonds is 3. The van der Waals surface area contributed by atoms with Crippen LogP contribution in [-0.2, 0) is 15.3 Å². The number of nitrogens with zero attached hydrogens (tertiary/aromatic N) is 4. The minimum atomic E-state index is -2.84. The second-order valence-electron chi connectivity index (χ2n) is 8.56. The summed E-state index contributed by atoms with van der Waals surface area (Å²) in [6.07, 6.45) is 3.53. The molecule has 33 heavy (non-hydrogen) atoms. The van der Waals surface area contributed by atoms with Crippen LogP contribution in [0.25, 0.3) is 0 Å². The molecule has 0 saturated heterocycles. The first-order valence-electron chi connectivity index (χ1n) is 10.3. The molecule has 0 bridgehead atoms. The molecule has 176 valence electrons. The molecule has 1 amide bonds. The quantitative estimate of drug-likeness (QED) is 0.638. The lowest BCUT2D eigenvalue weighted by molar-refractivity contribution is 0.102. The lowest BCUT2D eigenvalue weighted by Crippen LogP contribution is -2.56. The summed E-state index contributed by atoms with van der Waals surface area (Å²) in [5.41, 5.74) is 4.86. The van der Waals surface area contributed by atoms with Gasteiger partial charge in [-0.05, 0) is 51.3 Å². The van der Waals surface area contributed by atoms with Crippen molar-refractivity contribution in [2.45, 2.75) is 43.4 Å². The third-order valence-electron chi connectivity index (χ3n) is 6.07. The van der Waals surface area contributed by atoms with Gasteiger partial charge < -0.3 is 11.1 Å². The first kappa shape index (κ1) is 23.8. The van der Waals surface area contributed by atoms with Crippen molar-refractivity contribution in [1.29, 1.82) is 0 Å². The zero-order valence-electron chi connectivity index (χ0n) is 18.1. The van der Waals surface area contributed by atoms with Crippen molar-refractivity contribution < 1.29 is 13.4 Å². The van der Waals surface area contributed by atoms with Crippen LogP contribution in [-0.4, -0.2) is 43.0 Å². The van der Waals surface area contributed by atoms with Gasteiger partial charge in [-0.1, -0.05) is 23.2 Å². The Morgan fingerprint density at radius 1 is 1.27 bits per heavy atom. The minimum absolute atomic E-state index is 0.0247. The Hall–Kier alpha value is -2.30. The predicted octanol–water partition coefficient (Wildman–Crippen LogP) is 4.17. The van der Waals surface area contributed by atoms with Gasteiger partial charge in [0, 0.05) is 12.7 Å². The number of pyridine rings is 2. The number of carbonyl (C=O) groups excluding carboxylic acids is 1. The van der Waals surface area contributed by atoms with Crippen molar-refractivity contribution in [2.24, 2.45) is 15.1 Å². The molecular formula is C21H23Cl2FN6O2S. The van der Waals surface area contributed by atoms with Crippen molar-refractivity contribution in [3.05, 3.63) is 51.6 Å². The van der Waals surface area contributed by atoms with E-state index in [1.54, 1.807) is 6.92 Å². The fraction of sp³-hybridized carbons (Fsp3) is 0.429. The Balaban J connectivity index is 1.73. The Morgan fingerprint density at radius 3 is 2.76 bits per heavy atom. The van der Waals surface area contributed by atoms with E-state index in [1.807, 2.05) is 6.92 Å². The summed E-state index contributed by atoms with van der Waals surface area (Å²) in [6.45, 7) is 3.89. The summed E-state index contributed by atoms with van der Waals surface area (Å²) < 4.78 is 32.6. The maximum absolute atomic E-state index is 15.0. The first-order valence-corrected chi connectivity index (χ1v) is 12.8. The summed E-state index contributed by atoms with van der Waals surface area (Å²) in [7, 11) is -2.84. The lowest BCUT2D eigenvalue weighted by atomic mass is 9.96. The van der Waals surface area contributed by atoms with Crippen molar-refractivity contribution in [1.82, 2.24) is 9.97 Å². The molecule has 0 aromatic carbocycles. The third kappa shape index (κ3) is 4.20. The molecule has 2 aromatic rings. The highest BCUT2D eigenvalue weighted by molar-refractivity contribution is 7.95. The van der Waals surface area contributed by atoms with Crippen molar-refractivity contribution in [3.8, 4) is 0 Å². The van der Waals surface area contributed by atoms with Gasteiger partial charge in [-0.15, -0.1) is 0 Å². The summed E-state index contributed by atoms with van der Waals surface area (Å²) in [5, 5.41) is 2.90. The Bertz CT molecular complexity index is 1300. The number of anilines is 1. The van der Waals surface area contributed by atoms with E-state index in [0.717, 1.165) is 18.9 Å². The number of aliphatic imine (C=N–C) groups is 1. The molecule has 3 unspecified atom stereocenters. The number of hydrogen-bond donors (Lipinski definition) is 2. The number of amides is 1. The molecular weight excluding hydrogens is 490 g/mol. The second-order valence-corrected chi connectivity index (χ2v) is 12.1. The average molecular weight is 513 g/mol. The molecule has 0 saturated carbocycles. The highest BCUT2D eigenvalue weighted by Crippen LogP contribution is 2.41. The predicted molar refractivity (Wildman–Crippen MR) is 128 cm³/mol. The Kier molecular flexibility index (Phi) is 6.13. The van der Waals surface area contributed by atoms with E-state index in [0.29, 0.717) is 13.0 Å². The third-order valence-corrected chi connectivity index (χ3v) is 9.94. The molecule has 0 aliphatic carbocycles. The molecule has 12 heteroatoms. The summed E-state index contributed by atoms with van der Waals surface area (Å²) >= 11 is 11.9. The van der Waals surface area contributed by atoms with Crippen molar-refractivity contribution in [2.75, 3.05) is 17.6 Å². The largest absolute Gasteiger partial charge is 0.386 e. The fourth-order valence-corrected chi connectivity index (χ4v) is 7.53. The normalized spacial score (nSPS) is 29.3. The lowest BCUT2D eigenvalue weighted by Gasteiger charge is -2.41. The number of hydrogen-bond acceptors (Lipinski definition) is 7. The smallest absolute Gasteiger partial charge is 0.276 e. The number of nitrogens with one attached hydrogen (secondary N) is 1. The number of halogens is 3. The number of nitrogens with two attached hydrogens (primary N) is 1. The zero-order chi connectivity index (χ0) is 24.0. The van der Waals surface area contributed by atoms with Gasteiger partial charge in [0.15, 0.2) is 0 Å². The van der Waals surface area contributed by atoms with Gasteiger partial charge in [-0.3, -0.25) is 9.79 Å². The number of carbonyl (C=O) groups is 1. The fourth-order valence-electron chi connectivity index (χ4n) is 4.15. The van der Waals surface area contributed by atoms with Crippen molar-refractivity contribution in [3.63, 3.8) is 0 Å². The van der Waals surface area contributed by atoms with E-state index >= 15 is 0 Å². The van der Waals surface area contributed by atoms with E-state index in [2.05, 4.69) is 24.6 Å². The van der Waals surface area contributed by atoms with Crippen LogP contribution in [0.2, 0.25) is 10.0 Å². The highest BCUT2D eigenvalue weighted by atomic mass is 35.5.